The van der Waals surface area contributed by atoms with E-state index in [0.29, 0.717) is 19.4 Å². The van der Waals surface area contributed by atoms with Gasteiger partial charge >= 0.3 is 5.97 Å². The Morgan fingerprint density at radius 1 is 1.35 bits per heavy atom. The number of esters is 1. The van der Waals surface area contributed by atoms with Crippen LogP contribution < -0.4 is 5.32 Å². The molecule has 1 amide bonds. The van der Waals surface area contributed by atoms with Crippen molar-refractivity contribution in [3.63, 3.8) is 0 Å². The van der Waals surface area contributed by atoms with Crippen molar-refractivity contribution in [2.45, 2.75) is 58.2 Å². The minimum atomic E-state index is -1.00. The average molecular weight is 281 g/mol. The highest BCUT2D eigenvalue weighted by atomic mass is 16.6. The van der Waals surface area contributed by atoms with Crippen LogP contribution in [0.1, 0.15) is 46.5 Å². The molecule has 2 bridgehead atoms. The SMILES string of the molecule is CC1(C)[C@@]2(C(=O)NC[C@H]3CCCO3)CC[C@]1(C)C(=O)O2. The number of carbonyl (C=O) groups is 2. The molecule has 0 aromatic heterocycles. The molecule has 3 rings (SSSR count). The fourth-order valence-corrected chi connectivity index (χ4v) is 3.90. The molecule has 0 radical (unpaired) electrons. The molecule has 5 nitrogen and oxygen atoms in total. The highest BCUT2D eigenvalue weighted by molar-refractivity contribution is 5.96. The first-order valence-corrected chi connectivity index (χ1v) is 7.47. The topological polar surface area (TPSA) is 64.6 Å². The maximum atomic E-state index is 12.6. The van der Waals surface area contributed by atoms with Crippen LogP contribution in [0.25, 0.3) is 0 Å². The Balaban J connectivity index is 1.75. The molecule has 1 aliphatic carbocycles. The maximum Gasteiger partial charge on any atom is 0.313 e. The molecule has 20 heavy (non-hydrogen) atoms. The second-order valence-corrected chi connectivity index (χ2v) is 7.02. The van der Waals surface area contributed by atoms with Crippen LogP contribution in [-0.2, 0) is 19.1 Å². The summed E-state index contributed by atoms with van der Waals surface area (Å²) in [5.74, 6) is -0.395. The summed E-state index contributed by atoms with van der Waals surface area (Å²) in [6.45, 7) is 7.12. The molecule has 1 saturated carbocycles. The van der Waals surface area contributed by atoms with Crippen LogP contribution in [0.2, 0.25) is 0 Å². The average Bonchev–Trinajstić information content (AvgIpc) is 3.01. The van der Waals surface area contributed by atoms with E-state index in [-0.39, 0.29) is 18.0 Å². The van der Waals surface area contributed by atoms with Crippen molar-refractivity contribution in [3.05, 3.63) is 0 Å². The first kappa shape index (κ1) is 13.9. The molecule has 3 aliphatic rings. The predicted molar refractivity (Wildman–Crippen MR) is 71.9 cm³/mol. The Morgan fingerprint density at radius 3 is 2.60 bits per heavy atom. The van der Waals surface area contributed by atoms with Crippen molar-refractivity contribution in [2.75, 3.05) is 13.2 Å². The van der Waals surface area contributed by atoms with Crippen LogP contribution in [0, 0.1) is 10.8 Å². The van der Waals surface area contributed by atoms with Gasteiger partial charge in [-0.2, -0.15) is 0 Å². The van der Waals surface area contributed by atoms with E-state index in [0.717, 1.165) is 19.4 Å². The highest BCUT2D eigenvalue weighted by Crippen LogP contribution is 2.65. The molecule has 0 unspecified atom stereocenters. The smallest absolute Gasteiger partial charge is 0.313 e. The fourth-order valence-electron chi connectivity index (χ4n) is 3.90. The van der Waals surface area contributed by atoms with E-state index in [1.807, 2.05) is 20.8 Å². The largest absolute Gasteiger partial charge is 0.448 e. The Bertz CT molecular complexity index is 455. The van der Waals surface area contributed by atoms with E-state index < -0.39 is 16.4 Å². The van der Waals surface area contributed by atoms with Crippen LogP contribution in [0.3, 0.4) is 0 Å². The minimum Gasteiger partial charge on any atom is -0.448 e. The van der Waals surface area contributed by atoms with E-state index in [4.69, 9.17) is 9.47 Å². The zero-order chi connectivity index (χ0) is 14.6. The summed E-state index contributed by atoms with van der Waals surface area (Å²) in [5, 5.41) is 2.94. The lowest BCUT2D eigenvalue weighted by Crippen LogP contribution is -2.54. The lowest BCUT2D eigenvalue weighted by molar-refractivity contribution is -0.168. The summed E-state index contributed by atoms with van der Waals surface area (Å²) in [6, 6.07) is 0. The van der Waals surface area contributed by atoms with Gasteiger partial charge in [-0.25, -0.2) is 0 Å². The summed E-state index contributed by atoms with van der Waals surface area (Å²) in [6.07, 6.45) is 3.45. The molecule has 1 N–H and O–H groups in total. The summed E-state index contributed by atoms with van der Waals surface area (Å²) in [4.78, 5) is 24.8. The number of rotatable bonds is 3. The Hall–Kier alpha value is -1.10. The van der Waals surface area contributed by atoms with E-state index in [2.05, 4.69) is 5.32 Å². The highest BCUT2D eigenvalue weighted by Gasteiger charge is 2.75. The van der Waals surface area contributed by atoms with Crippen molar-refractivity contribution in [1.82, 2.24) is 5.32 Å². The molecule has 112 valence electrons. The Morgan fingerprint density at radius 2 is 2.10 bits per heavy atom. The van der Waals surface area contributed by atoms with Gasteiger partial charge in [-0.05, 0) is 32.6 Å². The lowest BCUT2D eigenvalue weighted by Gasteiger charge is -2.35. The van der Waals surface area contributed by atoms with Crippen LogP contribution in [0.4, 0.5) is 0 Å². The minimum absolute atomic E-state index is 0.100. The first-order chi connectivity index (χ1) is 9.33. The molecular weight excluding hydrogens is 258 g/mol. The summed E-state index contributed by atoms with van der Waals surface area (Å²) in [5.41, 5.74) is -2.02. The third-order valence-electron chi connectivity index (χ3n) is 5.96. The molecule has 5 heteroatoms. The number of ether oxygens (including phenoxy) is 2. The quantitative estimate of drug-likeness (QED) is 0.794. The molecule has 2 aliphatic heterocycles. The monoisotopic (exact) mass is 281 g/mol. The predicted octanol–water partition coefficient (Wildman–Crippen LogP) is 1.40. The number of nitrogens with one attached hydrogen (secondary N) is 1. The number of hydrogen-bond donors (Lipinski definition) is 1. The summed E-state index contributed by atoms with van der Waals surface area (Å²) >= 11 is 0. The third-order valence-corrected chi connectivity index (χ3v) is 5.96. The normalized spacial score (nSPS) is 41.8. The van der Waals surface area contributed by atoms with Gasteiger partial charge < -0.3 is 14.8 Å². The van der Waals surface area contributed by atoms with Gasteiger partial charge in [-0.1, -0.05) is 13.8 Å². The van der Waals surface area contributed by atoms with Gasteiger partial charge in [0.2, 0.25) is 0 Å². The number of fused-ring (bicyclic) bond motifs is 2. The molecular formula is C15H23NO4. The fraction of sp³-hybridized carbons (Fsp3) is 0.867. The third kappa shape index (κ3) is 1.53. The van der Waals surface area contributed by atoms with E-state index in [1.165, 1.54) is 0 Å². The lowest BCUT2D eigenvalue weighted by atomic mass is 9.66. The standard InChI is InChI=1S/C15H23NO4/c1-13(2)14(3)6-7-15(13,20-12(14)18)11(17)16-9-10-5-4-8-19-10/h10H,4-9H2,1-3H3,(H,16,17)/t10-,14-,15+/m1/s1. The van der Waals surface area contributed by atoms with E-state index in [9.17, 15) is 9.59 Å². The number of hydrogen-bond acceptors (Lipinski definition) is 4. The second-order valence-electron chi connectivity index (χ2n) is 7.02. The van der Waals surface area contributed by atoms with E-state index >= 15 is 0 Å². The van der Waals surface area contributed by atoms with Crippen molar-refractivity contribution >= 4 is 11.9 Å². The van der Waals surface area contributed by atoms with Gasteiger partial charge in [0.25, 0.3) is 5.91 Å². The molecule has 0 aromatic carbocycles. The van der Waals surface area contributed by atoms with Gasteiger partial charge in [0.15, 0.2) is 5.60 Å². The summed E-state index contributed by atoms with van der Waals surface area (Å²) < 4.78 is 11.1. The zero-order valence-corrected chi connectivity index (χ0v) is 12.5. The zero-order valence-electron chi connectivity index (χ0n) is 12.5. The first-order valence-electron chi connectivity index (χ1n) is 7.47. The van der Waals surface area contributed by atoms with Crippen molar-refractivity contribution in [1.29, 1.82) is 0 Å². The Kier molecular flexibility index (Phi) is 2.91. The number of amides is 1. The molecule has 0 aromatic rings. The molecule has 2 saturated heterocycles. The van der Waals surface area contributed by atoms with Gasteiger partial charge in [0.05, 0.1) is 11.5 Å². The van der Waals surface area contributed by atoms with Crippen molar-refractivity contribution in [2.24, 2.45) is 10.8 Å². The van der Waals surface area contributed by atoms with Crippen molar-refractivity contribution in [3.8, 4) is 0 Å². The Labute approximate surface area is 119 Å². The molecule has 3 atom stereocenters. The van der Waals surface area contributed by atoms with Gasteiger partial charge in [-0.15, -0.1) is 0 Å². The van der Waals surface area contributed by atoms with Gasteiger partial charge in [0.1, 0.15) is 0 Å². The van der Waals surface area contributed by atoms with Gasteiger partial charge in [-0.3, -0.25) is 9.59 Å². The van der Waals surface area contributed by atoms with Crippen LogP contribution in [0.5, 0.6) is 0 Å². The maximum absolute atomic E-state index is 12.6. The van der Waals surface area contributed by atoms with Crippen LogP contribution in [-0.4, -0.2) is 36.7 Å². The molecule has 2 heterocycles. The van der Waals surface area contributed by atoms with Crippen LogP contribution in [0.15, 0.2) is 0 Å². The van der Waals surface area contributed by atoms with Crippen LogP contribution >= 0.6 is 0 Å². The molecule has 3 fully saturated rings. The second kappa shape index (κ2) is 4.20. The molecule has 0 spiro atoms. The van der Waals surface area contributed by atoms with Gasteiger partial charge in [0, 0.05) is 18.6 Å². The van der Waals surface area contributed by atoms with E-state index in [1.54, 1.807) is 0 Å². The van der Waals surface area contributed by atoms with Crippen molar-refractivity contribution < 1.29 is 19.1 Å². The number of carbonyl (C=O) groups excluding carboxylic acids is 2. The summed E-state index contributed by atoms with van der Waals surface area (Å²) in [7, 11) is 0.